The molecule has 0 saturated heterocycles. The summed E-state index contributed by atoms with van der Waals surface area (Å²) in [7, 11) is 1.69. The van der Waals surface area contributed by atoms with E-state index in [0.717, 1.165) is 46.2 Å². The zero-order chi connectivity index (χ0) is 25.1. The van der Waals surface area contributed by atoms with Gasteiger partial charge in [-0.25, -0.2) is 4.98 Å². The second-order valence-electron chi connectivity index (χ2n) is 9.55. The lowest BCUT2D eigenvalue weighted by molar-refractivity contribution is -0.136. The molecule has 3 unspecified atom stereocenters. The summed E-state index contributed by atoms with van der Waals surface area (Å²) in [6.07, 6.45) is 1.87. The van der Waals surface area contributed by atoms with Crippen molar-refractivity contribution in [3.63, 3.8) is 0 Å². The summed E-state index contributed by atoms with van der Waals surface area (Å²) in [5.41, 5.74) is 3.10. The first kappa shape index (κ1) is 24.8. The molecule has 4 rings (SSSR count). The average Bonchev–Trinajstić information content (AvgIpc) is 3.25. The lowest BCUT2D eigenvalue weighted by Gasteiger charge is -2.34. The number of imidazole rings is 1. The van der Waals surface area contributed by atoms with Crippen molar-refractivity contribution >= 4 is 27.7 Å². The zero-order valence-electron chi connectivity index (χ0n) is 21.8. The van der Waals surface area contributed by atoms with Crippen molar-refractivity contribution < 1.29 is 9.53 Å². The Hall–Kier alpha value is -3.34. The Morgan fingerprint density at radius 1 is 0.943 bits per heavy atom. The van der Waals surface area contributed by atoms with Gasteiger partial charge in [0, 0.05) is 18.0 Å². The molecular formula is C30H37N3O2. The number of nitrogens with zero attached hydrogens (tertiary/aromatic N) is 3. The van der Waals surface area contributed by atoms with E-state index in [1.54, 1.807) is 7.11 Å². The zero-order valence-corrected chi connectivity index (χ0v) is 21.8. The molecule has 0 aliphatic carbocycles. The van der Waals surface area contributed by atoms with Crippen LogP contribution in [0.15, 0.2) is 60.7 Å². The molecule has 4 aromatic rings. The third-order valence-electron chi connectivity index (χ3n) is 7.36. The Kier molecular flexibility index (Phi) is 7.44. The molecule has 5 nitrogen and oxygen atoms in total. The number of methoxy groups -OCH3 is 1. The molecule has 3 aromatic carbocycles. The predicted molar refractivity (Wildman–Crippen MR) is 144 cm³/mol. The number of benzene rings is 3. The van der Waals surface area contributed by atoms with Crippen LogP contribution >= 0.6 is 0 Å². The molecule has 0 saturated carbocycles. The van der Waals surface area contributed by atoms with E-state index in [4.69, 9.17) is 9.72 Å². The van der Waals surface area contributed by atoms with Crippen LogP contribution in [0.25, 0.3) is 21.8 Å². The van der Waals surface area contributed by atoms with E-state index in [9.17, 15) is 4.79 Å². The number of fused-ring (bicyclic) bond motifs is 2. The number of ether oxygens (including phenoxy) is 1. The minimum absolute atomic E-state index is 0.0300. The Bertz CT molecular complexity index is 1320. The van der Waals surface area contributed by atoms with Crippen LogP contribution in [-0.4, -0.2) is 39.6 Å². The quantitative estimate of drug-likeness (QED) is 0.270. The largest absolute Gasteiger partial charge is 0.497 e. The molecule has 0 N–H and O–H groups in total. The molecule has 0 bridgehead atoms. The van der Waals surface area contributed by atoms with Gasteiger partial charge in [0.25, 0.3) is 0 Å². The monoisotopic (exact) mass is 471 g/mol. The Balaban J connectivity index is 1.74. The number of para-hydroxylation sites is 2. The fourth-order valence-corrected chi connectivity index (χ4v) is 4.91. The number of carbonyl (C=O) groups excluding carboxylic acids is 1. The van der Waals surface area contributed by atoms with Gasteiger partial charge in [-0.3, -0.25) is 4.79 Å². The molecule has 1 aromatic heterocycles. The number of amides is 1. The van der Waals surface area contributed by atoms with E-state index in [1.807, 2.05) is 24.3 Å². The van der Waals surface area contributed by atoms with Gasteiger partial charge in [-0.15, -0.1) is 0 Å². The number of aromatic nitrogens is 2. The SMILES string of the molecule is CCC(C)N(C(=O)Cn1c(C(C)c2ccc3cc(OC)ccc3c2)nc2ccccc21)C(C)CC. The highest BCUT2D eigenvalue weighted by Gasteiger charge is 2.26. The minimum Gasteiger partial charge on any atom is -0.497 e. The topological polar surface area (TPSA) is 47.4 Å². The normalized spacial score (nSPS) is 14.1. The van der Waals surface area contributed by atoms with Gasteiger partial charge >= 0.3 is 0 Å². The molecule has 1 amide bonds. The van der Waals surface area contributed by atoms with Crippen molar-refractivity contribution in [1.82, 2.24) is 14.5 Å². The molecule has 0 aliphatic heterocycles. The molecule has 0 radical (unpaired) electrons. The van der Waals surface area contributed by atoms with E-state index in [2.05, 4.69) is 80.5 Å². The third kappa shape index (κ3) is 4.90. The van der Waals surface area contributed by atoms with E-state index in [1.165, 1.54) is 5.56 Å². The molecule has 0 spiro atoms. The highest BCUT2D eigenvalue weighted by atomic mass is 16.5. The van der Waals surface area contributed by atoms with Crippen molar-refractivity contribution in [1.29, 1.82) is 0 Å². The van der Waals surface area contributed by atoms with Crippen LogP contribution in [0, 0.1) is 0 Å². The Morgan fingerprint density at radius 3 is 2.29 bits per heavy atom. The van der Waals surface area contributed by atoms with Crippen LogP contribution < -0.4 is 4.74 Å². The standard InChI is InChI=1S/C30H37N3O2/c1-7-20(3)33(21(4)8-2)29(34)19-32-28-12-10-9-11-27(28)31-30(32)22(5)23-13-14-25-18-26(35-6)16-15-24(25)17-23/h9-18,20-22H,7-8,19H2,1-6H3. The number of hydrogen-bond acceptors (Lipinski definition) is 3. The Morgan fingerprint density at radius 2 is 1.60 bits per heavy atom. The lowest BCUT2D eigenvalue weighted by atomic mass is 9.97. The summed E-state index contributed by atoms with van der Waals surface area (Å²) >= 11 is 0. The maximum atomic E-state index is 13.7. The van der Waals surface area contributed by atoms with Crippen LogP contribution in [0.2, 0.25) is 0 Å². The van der Waals surface area contributed by atoms with Crippen LogP contribution in [0.1, 0.15) is 64.8 Å². The van der Waals surface area contributed by atoms with Gasteiger partial charge in [-0.1, -0.05) is 57.2 Å². The van der Waals surface area contributed by atoms with Crippen LogP contribution in [0.5, 0.6) is 5.75 Å². The number of rotatable bonds is 9. The molecule has 184 valence electrons. The first-order chi connectivity index (χ1) is 16.9. The molecule has 0 aliphatic rings. The average molecular weight is 472 g/mol. The first-order valence-corrected chi connectivity index (χ1v) is 12.7. The Labute approximate surface area is 208 Å². The van der Waals surface area contributed by atoms with Gasteiger partial charge in [-0.2, -0.15) is 0 Å². The van der Waals surface area contributed by atoms with Crippen molar-refractivity contribution in [2.75, 3.05) is 7.11 Å². The maximum Gasteiger partial charge on any atom is 0.243 e. The fourth-order valence-electron chi connectivity index (χ4n) is 4.91. The second-order valence-corrected chi connectivity index (χ2v) is 9.55. The highest BCUT2D eigenvalue weighted by molar-refractivity contribution is 5.85. The van der Waals surface area contributed by atoms with Gasteiger partial charge in [0.2, 0.25) is 5.91 Å². The van der Waals surface area contributed by atoms with E-state index >= 15 is 0 Å². The molecule has 1 heterocycles. The van der Waals surface area contributed by atoms with Crippen LogP contribution in [-0.2, 0) is 11.3 Å². The van der Waals surface area contributed by atoms with Crippen molar-refractivity contribution in [3.8, 4) is 5.75 Å². The third-order valence-corrected chi connectivity index (χ3v) is 7.36. The summed E-state index contributed by atoms with van der Waals surface area (Å²) in [6, 6.07) is 21.2. The number of carbonyl (C=O) groups is 1. The van der Waals surface area contributed by atoms with Gasteiger partial charge in [0.05, 0.1) is 18.1 Å². The van der Waals surface area contributed by atoms with Gasteiger partial charge in [0.15, 0.2) is 0 Å². The number of hydrogen-bond donors (Lipinski definition) is 0. The molecule has 5 heteroatoms. The summed E-state index contributed by atoms with van der Waals surface area (Å²) in [6.45, 7) is 11.0. The highest BCUT2D eigenvalue weighted by Crippen LogP contribution is 2.31. The van der Waals surface area contributed by atoms with E-state index in [0.29, 0.717) is 6.54 Å². The maximum absolute atomic E-state index is 13.7. The van der Waals surface area contributed by atoms with Crippen LogP contribution in [0.3, 0.4) is 0 Å². The molecular weight excluding hydrogens is 434 g/mol. The molecule has 0 fully saturated rings. The first-order valence-electron chi connectivity index (χ1n) is 12.7. The van der Waals surface area contributed by atoms with Gasteiger partial charge in [0.1, 0.15) is 18.1 Å². The van der Waals surface area contributed by atoms with Crippen molar-refractivity contribution in [3.05, 3.63) is 72.1 Å². The second kappa shape index (κ2) is 10.5. The summed E-state index contributed by atoms with van der Waals surface area (Å²) < 4.78 is 7.50. The fraction of sp³-hybridized carbons (Fsp3) is 0.400. The summed E-state index contributed by atoms with van der Waals surface area (Å²) in [5.74, 6) is 1.95. The predicted octanol–water partition coefficient (Wildman–Crippen LogP) is 6.78. The summed E-state index contributed by atoms with van der Waals surface area (Å²) in [4.78, 5) is 20.7. The molecule has 3 atom stereocenters. The van der Waals surface area contributed by atoms with Crippen LogP contribution in [0.4, 0.5) is 0 Å². The van der Waals surface area contributed by atoms with E-state index in [-0.39, 0.29) is 23.9 Å². The van der Waals surface area contributed by atoms with Gasteiger partial charge in [-0.05, 0) is 67.3 Å². The smallest absolute Gasteiger partial charge is 0.243 e. The minimum atomic E-state index is 0.0300. The van der Waals surface area contributed by atoms with E-state index < -0.39 is 0 Å². The van der Waals surface area contributed by atoms with Crippen molar-refractivity contribution in [2.24, 2.45) is 0 Å². The summed E-state index contributed by atoms with van der Waals surface area (Å²) in [5, 5.41) is 2.30. The van der Waals surface area contributed by atoms with Gasteiger partial charge < -0.3 is 14.2 Å². The lowest BCUT2D eigenvalue weighted by Crippen LogP contribution is -2.46. The van der Waals surface area contributed by atoms with Crippen molar-refractivity contribution in [2.45, 2.75) is 72.0 Å². The molecule has 35 heavy (non-hydrogen) atoms.